The molecule has 0 aromatic heterocycles. The van der Waals surface area contributed by atoms with Gasteiger partial charge in [0, 0.05) is 31.6 Å². The Morgan fingerprint density at radius 2 is 2.26 bits per heavy atom. The van der Waals surface area contributed by atoms with Crippen LogP contribution in [0.3, 0.4) is 0 Å². The Hall–Kier alpha value is -1.73. The molecule has 0 radical (unpaired) electrons. The number of nitro groups is 1. The van der Waals surface area contributed by atoms with Gasteiger partial charge in [0.05, 0.1) is 4.92 Å². The lowest BCUT2D eigenvalue weighted by Crippen LogP contribution is -2.26. The Balaban J connectivity index is 2.52. The van der Waals surface area contributed by atoms with Crippen molar-refractivity contribution in [3.05, 3.63) is 33.1 Å². The standard InChI is InChI=1S/C11H10ClFN2O4/c12-10-7(13)1-2-8(15(18)19)11(10)14-4-6(5-16)3-9(14)17/h1-2,6,16H,3-5H2. The molecule has 1 N–H and O–H groups in total. The van der Waals surface area contributed by atoms with Gasteiger partial charge in [-0.1, -0.05) is 11.6 Å². The van der Waals surface area contributed by atoms with Gasteiger partial charge < -0.3 is 10.0 Å². The van der Waals surface area contributed by atoms with Crippen molar-refractivity contribution in [1.29, 1.82) is 0 Å². The minimum Gasteiger partial charge on any atom is -0.396 e. The monoisotopic (exact) mass is 288 g/mol. The number of amides is 1. The summed E-state index contributed by atoms with van der Waals surface area (Å²) < 4.78 is 13.4. The molecule has 1 aliphatic rings. The summed E-state index contributed by atoms with van der Waals surface area (Å²) in [5.41, 5.74) is -0.675. The molecule has 1 saturated heterocycles. The highest BCUT2D eigenvalue weighted by atomic mass is 35.5. The van der Waals surface area contributed by atoms with Crippen molar-refractivity contribution in [2.24, 2.45) is 5.92 Å². The minimum absolute atomic E-state index is 0.0560. The lowest BCUT2D eigenvalue weighted by molar-refractivity contribution is -0.384. The van der Waals surface area contributed by atoms with Crippen molar-refractivity contribution >= 4 is 28.9 Å². The molecular formula is C11H10ClFN2O4. The largest absolute Gasteiger partial charge is 0.396 e. The lowest BCUT2D eigenvalue weighted by atomic mass is 10.1. The third-order valence-electron chi connectivity index (χ3n) is 2.98. The summed E-state index contributed by atoms with van der Waals surface area (Å²) in [5, 5.41) is 19.5. The summed E-state index contributed by atoms with van der Waals surface area (Å²) in [6.45, 7) is -0.137. The molecule has 2 rings (SSSR count). The molecule has 8 heteroatoms. The molecule has 0 bridgehead atoms. The van der Waals surface area contributed by atoms with Gasteiger partial charge in [0.25, 0.3) is 5.69 Å². The highest BCUT2D eigenvalue weighted by molar-refractivity contribution is 6.34. The number of aliphatic hydroxyl groups excluding tert-OH is 1. The molecule has 1 aliphatic heterocycles. The van der Waals surface area contributed by atoms with Gasteiger partial charge in [-0.15, -0.1) is 0 Å². The van der Waals surface area contributed by atoms with Crippen molar-refractivity contribution in [3.63, 3.8) is 0 Å². The van der Waals surface area contributed by atoms with Gasteiger partial charge in [0.15, 0.2) is 0 Å². The van der Waals surface area contributed by atoms with Crippen molar-refractivity contribution in [2.75, 3.05) is 18.1 Å². The maximum atomic E-state index is 13.4. The second-order valence-corrected chi connectivity index (χ2v) is 4.62. The number of benzene rings is 1. The third-order valence-corrected chi connectivity index (χ3v) is 3.34. The van der Waals surface area contributed by atoms with Crippen LogP contribution in [0.4, 0.5) is 15.8 Å². The van der Waals surface area contributed by atoms with Crippen LogP contribution in [0.5, 0.6) is 0 Å². The second-order valence-electron chi connectivity index (χ2n) is 4.24. The Labute approximate surface area is 112 Å². The minimum atomic E-state index is -0.831. The van der Waals surface area contributed by atoms with Gasteiger partial charge in [0.1, 0.15) is 16.5 Å². The highest BCUT2D eigenvalue weighted by Gasteiger charge is 2.36. The number of anilines is 1. The van der Waals surface area contributed by atoms with E-state index in [1.165, 1.54) is 0 Å². The zero-order valence-electron chi connectivity index (χ0n) is 9.68. The van der Waals surface area contributed by atoms with Crippen LogP contribution in [0.25, 0.3) is 0 Å². The zero-order valence-corrected chi connectivity index (χ0v) is 10.4. The van der Waals surface area contributed by atoms with Crippen LogP contribution >= 0.6 is 11.6 Å². The molecule has 1 aromatic carbocycles. The number of hydrogen-bond donors (Lipinski definition) is 1. The Morgan fingerprint density at radius 1 is 1.58 bits per heavy atom. The lowest BCUT2D eigenvalue weighted by Gasteiger charge is -2.18. The normalized spacial score (nSPS) is 19.0. The fourth-order valence-electron chi connectivity index (χ4n) is 2.05. The van der Waals surface area contributed by atoms with Crippen molar-refractivity contribution in [1.82, 2.24) is 0 Å². The Bertz CT molecular complexity index is 552. The number of hydrogen-bond acceptors (Lipinski definition) is 4. The first kappa shape index (κ1) is 13.7. The molecule has 0 saturated carbocycles. The predicted molar refractivity (Wildman–Crippen MR) is 65.6 cm³/mol. The van der Waals surface area contributed by atoms with Crippen LogP contribution in [-0.4, -0.2) is 29.1 Å². The van der Waals surface area contributed by atoms with Crippen LogP contribution in [0.1, 0.15) is 6.42 Å². The first-order valence-corrected chi connectivity index (χ1v) is 5.87. The van der Waals surface area contributed by atoms with E-state index in [4.69, 9.17) is 16.7 Å². The van der Waals surface area contributed by atoms with Gasteiger partial charge in [0.2, 0.25) is 5.91 Å². The maximum absolute atomic E-state index is 13.4. The first-order chi connectivity index (χ1) is 8.95. The van der Waals surface area contributed by atoms with E-state index in [0.29, 0.717) is 0 Å². The van der Waals surface area contributed by atoms with Gasteiger partial charge >= 0.3 is 0 Å². The molecule has 6 nitrogen and oxygen atoms in total. The topological polar surface area (TPSA) is 83.7 Å². The molecule has 1 fully saturated rings. The van der Waals surface area contributed by atoms with Crippen LogP contribution in [0.15, 0.2) is 12.1 Å². The molecule has 1 amide bonds. The summed E-state index contributed by atoms with van der Waals surface area (Å²) in [7, 11) is 0. The number of carbonyl (C=O) groups excluding carboxylic acids is 1. The van der Waals surface area contributed by atoms with E-state index >= 15 is 0 Å². The van der Waals surface area contributed by atoms with Gasteiger partial charge in [-0.3, -0.25) is 14.9 Å². The molecule has 0 aliphatic carbocycles. The molecule has 102 valence electrons. The molecule has 1 atom stereocenters. The Kier molecular flexibility index (Phi) is 3.68. The molecule has 1 aromatic rings. The first-order valence-electron chi connectivity index (χ1n) is 5.49. The summed E-state index contributed by atoms with van der Waals surface area (Å²) in [6.07, 6.45) is 0.0560. The van der Waals surface area contributed by atoms with Crippen LogP contribution in [-0.2, 0) is 4.79 Å². The fraction of sp³-hybridized carbons (Fsp3) is 0.364. The van der Waals surface area contributed by atoms with E-state index in [1.54, 1.807) is 0 Å². The average Bonchev–Trinajstić information content (AvgIpc) is 2.73. The van der Waals surface area contributed by atoms with Crippen molar-refractivity contribution < 1.29 is 19.2 Å². The van der Waals surface area contributed by atoms with E-state index < -0.39 is 27.4 Å². The number of nitro benzene ring substituents is 1. The zero-order chi connectivity index (χ0) is 14.2. The summed E-state index contributed by atoms with van der Waals surface area (Å²) in [6, 6.07) is 1.85. The van der Waals surface area contributed by atoms with Crippen LogP contribution in [0.2, 0.25) is 5.02 Å². The number of carbonyl (C=O) groups is 1. The van der Waals surface area contributed by atoms with E-state index in [0.717, 1.165) is 17.0 Å². The number of aliphatic hydroxyl groups is 1. The number of nitrogens with zero attached hydrogens (tertiary/aromatic N) is 2. The maximum Gasteiger partial charge on any atom is 0.294 e. The molecule has 19 heavy (non-hydrogen) atoms. The van der Waals surface area contributed by atoms with Gasteiger partial charge in [-0.05, 0) is 6.07 Å². The molecule has 1 unspecified atom stereocenters. The van der Waals surface area contributed by atoms with Crippen molar-refractivity contribution in [3.8, 4) is 0 Å². The number of halogens is 2. The SMILES string of the molecule is O=C1CC(CO)CN1c1c([N+](=O)[O-])ccc(F)c1Cl. The summed E-state index contributed by atoms with van der Waals surface area (Å²) >= 11 is 5.74. The number of rotatable bonds is 3. The summed E-state index contributed by atoms with van der Waals surface area (Å²) in [4.78, 5) is 23.1. The molecule has 0 spiro atoms. The highest BCUT2D eigenvalue weighted by Crippen LogP contribution is 2.40. The molecular weight excluding hydrogens is 279 g/mol. The van der Waals surface area contributed by atoms with E-state index in [9.17, 15) is 19.3 Å². The molecule has 1 heterocycles. The van der Waals surface area contributed by atoms with E-state index in [2.05, 4.69) is 0 Å². The Morgan fingerprint density at radius 3 is 2.79 bits per heavy atom. The van der Waals surface area contributed by atoms with Gasteiger partial charge in [-0.2, -0.15) is 0 Å². The van der Waals surface area contributed by atoms with Gasteiger partial charge in [-0.25, -0.2) is 4.39 Å². The predicted octanol–water partition coefficient (Wildman–Crippen LogP) is 1.73. The second kappa shape index (κ2) is 5.10. The third kappa shape index (κ3) is 2.39. The van der Waals surface area contributed by atoms with Crippen LogP contribution < -0.4 is 4.90 Å². The fourth-order valence-corrected chi connectivity index (χ4v) is 2.32. The average molecular weight is 289 g/mol. The quantitative estimate of drug-likeness (QED) is 0.678. The van der Waals surface area contributed by atoms with E-state index in [-0.39, 0.29) is 31.2 Å². The van der Waals surface area contributed by atoms with Crippen molar-refractivity contribution in [2.45, 2.75) is 6.42 Å². The van der Waals surface area contributed by atoms with E-state index in [1.807, 2.05) is 0 Å². The van der Waals surface area contributed by atoms with Crippen LogP contribution in [0, 0.1) is 21.8 Å². The summed E-state index contributed by atoms with van der Waals surface area (Å²) in [5.74, 6) is -1.58. The smallest absolute Gasteiger partial charge is 0.294 e.